The Morgan fingerprint density at radius 2 is 2.28 bits per heavy atom. The summed E-state index contributed by atoms with van der Waals surface area (Å²) in [5, 5.41) is 4.39. The topological polar surface area (TPSA) is 15.3 Å². The lowest BCUT2D eigenvalue weighted by molar-refractivity contribution is 0.386. The van der Waals surface area contributed by atoms with Crippen LogP contribution >= 0.6 is 27.5 Å². The maximum Gasteiger partial charge on any atom is 0.0549 e. The molecule has 2 nitrogen and oxygen atoms in total. The molecular formula is C14H20BrClN2. The van der Waals surface area contributed by atoms with Gasteiger partial charge < -0.3 is 10.2 Å². The molecule has 1 N–H and O–H groups in total. The van der Waals surface area contributed by atoms with E-state index in [1.165, 1.54) is 18.5 Å². The first kappa shape index (κ1) is 14.2. The standard InChI is InChI=1S/C14H20BrClN2/c1-3-4-11-9-18(10(2)8-17-11)12-5-6-14(16)13(15)7-12/h5-7,10-11,17H,3-4,8-9H2,1-2H3. The molecule has 2 atom stereocenters. The maximum absolute atomic E-state index is 6.06. The highest BCUT2D eigenvalue weighted by Crippen LogP contribution is 2.29. The van der Waals surface area contributed by atoms with E-state index < -0.39 is 0 Å². The molecule has 4 heteroatoms. The lowest BCUT2D eigenvalue weighted by Crippen LogP contribution is -2.55. The number of hydrogen-bond acceptors (Lipinski definition) is 2. The van der Waals surface area contributed by atoms with Crippen LogP contribution in [0.25, 0.3) is 0 Å². The zero-order valence-corrected chi connectivity index (χ0v) is 13.3. The van der Waals surface area contributed by atoms with Crippen LogP contribution in [-0.4, -0.2) is 25.2 Å². The first-order chi connectivity index (χ1) is 8.61. The van der Waals surface area contributed by atoms with Gasteiger partial charge in [0.25, 0.3) is 0 Å². The van der Waals surface area contributed by atoms with E-state index in [-0.39, 0.29) is 0 Å². The van der Waals surface area contributed by atoms with Crippen LogP contribution < -0.4 is 10.2 Å². The molecule has 1 aromatic rings. The van der Waals surface area contributed by atoms with Crippen molar-refractivity contribution >= 4 is 33.2 Å². The fraction of sp³-hybridized carbons (Fsp3) is 0.571. The van der Waals surface area contributed by atoms with Gasteiger partial charge in [-0.05, 0) is 47.5 Å². The summed E-state index contributed by atoms with van der Waals surface area (Å²) in [7, 11) is 0. The molecule has 1 heterocycles. The van der Waals surface area contributed by atoms with Gasteiger partial charge in [0.2, 0.25) is 0 Å². The molecule has 0 aromatic heterocycles. The van der Waals surface area contributed by atoms with Crippen molar-refractivity contribution in [2.75, 3.05) is 18.0 Å². The monoisotopic (exact) mass is 330 g/mol. The summed E-state index contributed by atoms with van der Waals surface area (Å²) in [5.41, 5.74) is 1.25. The molecule has 18 heavy (non-hydrogen) atoms. The number of rotatable bonds is 3. The summed E-state index contributed by atoms with van der Waals surface area (Å²) in [6.07, 6.45) is 2.46. The van der Waals surface area contributed by atoms with Crippen molar-refractivity contribution in [2.24, 2.45) is 0 Å². The van der Waals surface area contributed by atoms with Crippen LogP contribution in [0.5, 0.6) is 0 Å². The molecule has 1 aliphatic rings. The van der Waals surface area contributed by atoms with Gasteiger partial charge in [-0.3, -0.25) is 0 Å². The molecule has 1 aliphatic heterocycles. The van der Waals surface area contributed by atoms with Gasteiger partial charge in [0.15, 0.2) is 0 Å². The summed E-state index contributed by atoms with van der Waals surface area (Å²) >= 11 is 9.56. The Kier molecular flexibility index (Phi) is 4.93. The lowest BCUT2D eigenvalue weighted by Gasteiger charge is -2.40. The Balaban J connectivity index is 2.16. The van der Waals surface area contributed by atoms with Crippen LogP contribution in [0.4, 0.5) is 5.69 Å². The minimum atomic E-state index is 0.520. The highest BCUT2D eigenvalue weighted by Gasteiger charge is 2.24. The summed E-state index contributed by atoms with van der Waals surface area (Å²) in [6.45, 7) is 6.62. The third-order valence-corrected chi connectivity index (χ3v) is 4.74. The molecule has 0 aliphatic carbocycles. The van der Waals surface area contributed by atoms with Gasteiger partial charge >= 0.3 is 0 Å². The van der Waals surface area contributed by atoms with E-state index in [1.54, 1.807) is 0 Å². The number of nitrogens with zero attached hydrogens (tertiary/aromatic N) is 1. The fourth-order valence-corrected chi connectivity index (χ4v) is 2.98. The van der Waals surface area contributed by atoms with Gasteiger partial charge in [0.05, 0.1) is 5.02 Å². The Morgan fingerprint density at radius 1 is 1.50 bits per heavy atom. The van der Waals surface area contributed by atoms with E-state index in [1.807, 2.05) is 6.07 Å². The highest BCUT2D eigenvalue weighted by atomic mass is 79.9. The largest absolute Gasteiger partial charge is 0.366 e. The molecule has 0 spiro atoms. The van der Waals surface area contributed by atoms with Gasteiger partial charge in [-0.15, -0.1) is 0 Å². The molecule has 0 amide bonds. The third kappa shape index (κ3) is 3.19. The molecule has 1 fully saturated rings. The Hall–Kier alpha value is -0.250. The maximum atomic E-state index is 6.06. The summed E-state index contributed by atoms with van der Waals surface area (Å²) in [5.74, 6) is 0. The Morgan fingerprint density at radius 3 is 2.94 bits per heavy atom. The van der Waals surface area contributed by atoms with Crippen LogP contribution in [-0.2, 0) is 0 Å². The van der Waals surface area contributed by atoms with Gasteiger partial charge in [0, 0.05) is 35.3 Å². The average Bonchev–Trinajstić information content (AvgIpc) is 2.35. The number of anilines is 1. The normalized spacial score (nSPS) is 24.3. The number of benzene rings is 1. The van der Waals surface area contributed by atoms with Crippen LogP contribution in [0.2, 0.25) is 5.02 Å². The van der Waals surface area contributed by atoms with E-state index in [9.17, 15) is 0 Å². The van der Waals surface area contributed by atoms with Gasteiger partial charge in [0.1, 0.15) is 0 Å². The fourth-order valence-electron chi connectivity index (χ4n) is 2.49. The van der Waals surface area contributed by atoms with Crippen molar-refractivity contribution in [3.8, 4) is 0 Å². The van der Waals surface area contributed by atoms with E-state index in [2.05, 4.69) is 52.1 Å². The smallest absolute Gasteiger partial charge is 0.0549 e. The van der Waals surface area contributed by atoms with Crippen LogP contribution in [0.1, 0.15) is 26.7 Å². The predicted molar refractivity (Wildman–Crippen MR) is 82.7 cm³/mol. The molecule has 100 valence electrons. The Bertz CT molecular complexity index is 411. The quantitative estimate of drug-likeness (QED) is 0.898. The second-order valence-electron chi connectivity index (χ2n) is 4.99. The molecular weight excluding hydrogens is 312 g/mol. The first-order valence-corrected chi connectivity index (χ1v) is 7.74. The van der Waals surface area contributed by atoms with E-state index in [4.69, 9.17) is 11.6 Å². The lowest BCUT2D eigenvalue weighted by atomic mass is 10.1. The SMILES string of the molecule is CCCC1CN(c2ccc(Cl)c(Br)c2)C(C)CN1. The second-order valence-corrected chi connectivity index (χ2v) is 6.26. The second kappa shape index (κ2) is 6.27. The predicted octanol–water partition coefficient (Wildman–Crippen LogP) is 4.07. The molecule has 2 rings (SSSR count). The Labute approximate surface area is 123 Å². The van der Waals surface area contributed by atoms with Crippen LogP contribution in [0.3, 0.4) is 0 Å². The average molecular weight is 332 g/mol. The van der Waals surface area contributed by atoms with Gasteiger partial charge in [-0.2, -0.15) is 0 Å². The molecule has 1 saturated heterocycles. The van der Waals surface area contributed by atoms with Crippen molar-refractivity contribution in [1.82, 2.24) is 5.32 Å². The van der Waals surface area contributed by atoms with E-state index >= 15 is 0 Å². The van der Waals surface area contributed by atoms with Crippen LogP contribution in [0.15, 0.2) is 22.7 Å². The first-order valence-electron chi connectivity index (χ1n) is 6.57. The van der Waals surface area contributed by atoms with Gasteiger partial charge in [-0.25, -0.2) is 0 Å². The molecule has 0 saturated carbocycles. The van der Waals surface area contributed by atoms with Crippen molar-refractivity contribution in [1.29, 1.82) is 0 Å². The highest BCUT2D eigenvalue weighted by molar-refractivity contribution is 9.10. The van der Waals surface area contributed by atoms with Crippen molar-refractivity contribution < 1.29 is 0 Å². The molecule has 2 unspecified atom stereocenters. The number of piperazine rings is 1. The molecule has 0 bridgehead atoms. The number of nitrogens with one attached hydrogen (secondary N) is 1. The summed E-state index contributed by atoms with van der Waals surface area (Å²) in [4.78, 5) is 2.47. The number of hydrogen-bond donors (Lipinski definition) is 1. The zero-order valence-electron chi connectivity index (χ0n) is 10.9. The molecule has 1 aromatic carbocycles. The zero-order chi connectivity index (χ0) is 13.1. The molecule has 0 radical (unpaired) electrons. The van der Waals surface area contributed by atoms with Crippen molar-refractivity contribution in [3.63, 3.8) is 0 Å². The van der Waals surface area contributed by atoms with Crippen molar-refractivity contribution in [2.45, 2.75) is 38.8 Å². The van der Waals surface area contributed by atoms with Crippen molar-refractivity contribution in [3.05, 3.63) is 27.7 Å². The minimum absolute atomic E-state index is 0.520. The third-order valence-electron chi connectivity index (χ3n) is 3.52. The van der Waals surface area contributed by atoms with E-state index in [0.717, 1.165) is 22.6 Å². The van der Waals surface area contributed by atoms with Gasteiger partial charge in [-0.1, -0.05) is 24.9 Å². The van der Waals surface area contributed by atoms with E-state index in [0.29, 0.717) is 12.1 Å². The number of halogens is 2. The van der Waals surface area contributed by atoms with Crippen LogP contribution in [0, 0.1) is 0 Å². The minimum Gasteiger partial charge on any atom is -0.366 e. The summed E-state index contributed by atoms with van der Waals surface area (Å²) < 4.78 is 0.972. The summed E-state index contributed by atoms with van der Waals surface area (Å²) in [6, 6.07) is 7.31.